The van der Waals surface area contributed by atoms with Gasteiger partial charge >= 0.3 is 5.97 Å². The van der Waals surface area contributed by atoms with Crippen LogP contribution in [-0.4, -0.2) is 11.0 Å². The molecule has 0 fully saturated rings. The van der Waals surface area contributed by atoms with Gasteiger partial charge in [0.15, 0.2) is 4.34 Å². The molecule has 2 heterocycles. The lowest BCUT2D eigenvalue weighted by atomic mass is 10.2. The summed E-state index contributed by atoms with van der Waals surface area (Å²) < 4.78 is 11.3. The van der Waals surface area contributed by atoms with Crippen molar-refractivity contribution in [1.82, 2.24) is 4.98 Å². The summed E-state index contributed by atoms with van der Waals surface area (Å²) in [5, 5.41) is 1.96. The second-order valence-electron chi connectivity index (χ2n) is 5.28. The topological polar surface area (TPSA) is 69.4 Å². The number of benzene rings is 1. The van der Waals surface area contributed by atoms with Gasteiger partial charge in [0.05, 0.1) is 5.75 Å². The predicted octanol–water partition coefficient (Wildman–Crippen LogP) is 4.32. The van der Waals surface area contributed by atoms with Crippen molar-refractivity contribution in [3.63, 3.8) is 0 Å². The molecule has 7 heteroatoms. The first-order chi connectivity index (χ1) is 12.6. The molecule has 0 saturated carbocycles. The lowest BCUT2D eigenvalue weighted by Gasteiger charge is -2.02. The molecule has 0 bridgehead atoms. The number of aryl methyl sites for hydroxylation is 1. The normalized spacial score (nSPS) is 11.0. The summed E-state index contributed by atoms with van der Waals surface area (Å²) in [6.07, 6.45) is 4.05. The number of carbonyl (C=O) groups is 1. The Hall–Kier alpha value is -2.64. The minimum atomic E-state index is -0.637. The van der Waals surface area contributed by atoms with E-state index in [1.165, 1.54) is 30.2 Å². The van der Waals surface area contributed by atoms with Crippen molar-refractivity contribution in [3.05, 3.63) is 81.4 Å². The van der Waals surface area contributed by atoms with Gasteiger partial charge in [-0.2, -0.15) is 0 Å². The van der Waals surface area contributed by atoms with Crippen LogP contribution in [0.4, 0.5) is 0 Å². The third-order valence-corrected chi connectivity index (χ3v) is 5.37. The first kappa shape index (κ1) is 18.2. The van der Waals surface area contributed by atoms with Crippen molar-refractivity contribution in [2.24, 2.45) is 0 Å². The first-order valence-corrected chi connectivity index (χ1v) is 9.58. The van der Waals surface area contributed by atoms with Crippen LogP contribution in [0.25, 0.3) is 6.08 Å². The van der Waals surface area contributed by atoms with Crippen molar-refractivity contribution in [3.8, 4) is 5.75 Å². The van der Waals surface area contributed by atoms with Crippen molar-refractivity contribution in [2.75, 3.05) is 0 Å². The lowest BCUT2D eigenvalue weighted by molar-refractivity contribution is -0.129. The number of thiazole rings is 1. The summed E-state index contributed by atoms with van der Waals surface area (Å²) in [4.78, 5) is 28.3. The van der Waals surface area contributed by atoms with E-state index in [-0.39, 0.29) is 5.75 Å². The molecule has 0 spiro atoms. The molecule has 132 valence electrons. The van der Waals surface area contributed by atoms with E-state index in [1.54, 1.807) is 17.4 Å². The van der Waals surface area contributed by atoms with Crippen LogP contribution in [0.2, 0.25) is 0 Å². The summed E-state index contributed by atoms with van der Waals surface area (Å²) in [7, 11) is 0. The molecule has 5 nitrogen and oxygen atoms in total. The smallest absolute Gasteiger partial charge is 0.336 e. The van der Waals surface area contributed by atoms with Gasteiger partial charge in [0.2, 0.25) is 11.2 Å². The Morgan fingerprint density at radius 1 is 1.35 bits per heavy atom. The van der Waals surface area contributed by atoms with Gasteiger partial charge in [0.25, 0.3) is 0 Å². The maximum atomic E-state index is 12.1. The third kappa shape index (κ3) is 5.18. The number of hydrogen-bond donors (Lipinski definition) is 0. The van der Waals surface area contributed by atoms with E-state index >= 15 is 0 Å². The average molecular weight is 385 g/mol. The SMILES string of the molecule is Cc1csc(SCc2cc(=O)c(OC(=O)/C=C/c3ccccc3)co2)n1. The van der Waals surface area contributed by atoms with Crippen molar-refractivity contribution in [1.29, 1.82) is 0 Å². The molecule has 3 rings (SSSR count). The van der Waals surface area contributed by atoms with E-state index < -0.39 is 11.4 Å². The number of thioether (sulfide) groups is 1. The molecular weight excluding hydrogens is 370 g/mol. The van der Waals surface area contributed by atoms with Gasteiger partial charge in [-0.15, -0.1) is 11.3 Å². The zero-order valence-electron chi connectivity index (χ0n) is 13.9. The highest BCUT2D eigenvalue weighted by Crippen LogP contribution is 2.25. The van der Waals surface area contributed by atoms with Gasteiger partial charge in [0.1, 0.15) is 12.0 Å². The minimum absolute atomic E-state index is 0.133. The predicted molar refractivity (Wildman–Crippen MR) is 103 cm³/mol. The molecule has 2 aromatic heterocycles. The number of esters is 1. The van der Waals surface area contributed by atoms with Crippen molar-refractivity contribution < 1.29 is 13.9 Å². The molecule has 0 saturated heterocycles. The van der Waals surface area contributed by atoms with Crippen LogP contribution >= 0.6 is 23.1 Å². The van der Waals surface area contributed by atoms with Gasteiger partial charge < -0.3 is 9.15 Å². The quantitative estimate of drug-likeness (QED) is 0.358. The van der Waals surface area contributed by atoms with Crippen molar-refractivity contribution >= 4 is 35.1 Å². The summed E-state index contributed by atoms with van der Waals surface area (Å²) in [6.45, 7) is 1.93. The second kappa shape index (κ2) is 8.64. The molecule has 0 unspecified atom stereocenters. The molecule has 0 N–H and O–H groups in total. The van der Waals surface area contributed by atoms with Crippen molar-refractivity contribution in [2.45, 2.75) is 17.0 Å². The number of carbonyl (C=O) groups excluding carboxylic acids is 1. The van der Waals surface area contributed by atoms with Crippen LogP contribution in [0.5, 0.6) is 5.75 Å². The Balaban J connectivity index is 1.59. The molecule has 1 aromatic carbocycles. The van der Waals surface area contributed by atoms with E-state index in [2.05, 4.69) is 4.98 Å². The number of hydrogen-bond acceptors (Lipinski definition) is 7. The molecule has 0 aliphatic rings. The Labute approximate surface area is 158 Å². The maximum Gasteiger partial charge on any atom is 0.336 e. The largest absolute Gasteiger partial charge is 0.464 e. The van der Waals surface area contributed by atoms with Gasteiger partial charge in [-0.3, -0.25) is 4.79 Å². The molecule has 0 amide bonds. The number of nitrogens with zero attached hydrogens (tertiary/aromatic N) is 1. The van der Waals surface area contributed by atoms with E-state index in [9.17, 15) is 9.59 Å². The molecule has 26 heavy (non-hydrogen) atoms. The zero-order valence-corrected chi connectivity index (χ0v) is 15.5. The van der Waals surface area contributed by atoms with E-state index in [0.717, 1.165) is 15.6 Å². The third-order valence-electron chi connectivity index (χ3n) is 3.21. The van der Waals surface area contributed by atoms with Gasteiger partial charge in [-0.05, 0) is 18.6 Å². The first-order valence-electron chi connectivity index (χ1n) is 7.72. The maximum absolute atomic E-state index is 12.1. The Morgan fingerprint density at radius 3 is 2.85 bits per heavy atom. The number of ether oxygens (including phenoxy) is 1. The summed E-state index contributed by atoms with van der Waals surface area (Å²) in [5.74, 6) is 0.199. The monoisotopic (exact) mass is 385 g/mol. The Kier molecular flexibility index (Phi) is 6.04. The molecule has 0 radical (unpaired) electrons. The molecular formula is C19H15NO4S2. The molecule has 0 aliphatic heterocycles. The van der Waals surface area contributed by atoms with Gasteiger partial charge in [-0.25, -0.2) is 9.78 Å². The Morgan fingerprint density at radius 2 is 2.15 bits per heavy atom. The van der Waals surface area contributed by atoms with E-state index in [1.807, 2.05) is 42.6 Å². The van der Waals surface area contributed by atoms with Crippen LogP contribution in [0.3, 0.4) is 0 Å². The van der Waals surface area contributed by atoms with E-state index in [0.29, 0.717) is 11.5 Å². The van der Waals surface area contributed by atoms with Crippen LogP contribution in [-0.2, 0) is 10.5 Å². The molecule has 0 atom stereocenters. The van der Waals surface area contributed by atoms with Crippen LogP contribution in [0.1, 0.15) is 17.0 Å². The zero-order chi connectivity index (χ0) is 18.4. The highest BCUT2D eigenvalue weighted by Gasteiger charge is 2.09. The molecule has 3 aromatic rings. The summed E-state index contributed by atoms with van der Waals surface area (Å²) in [6, 6.07) is 10.7. The van der Waals surface area contributed by atoms with Crippen LogP contribution in [0.15, 0.2) is 67.7 Å². The highest BCUT2D eigenvalue weighted by molar-refractivity contribution is 8.00. The fourth-order valence-corrected chi connectivity index (χ4v) is 3.73. The average Bonchev–Trinajstić information content (AvgIpc) is 3.06. The van der Waals surface area contributed by atoms with Gasteiger partial charge in [-0.1, -0.05) is 42.1 Å². The number of rotatable bonds is 6. The highest BCUT2D eigenvalue weighted by atomic mass is 32.2. The Bertz CT molecular complexity index is 976. The van der Waals surface area contributed by atoms with Crippen LogP contribution in [0, 0.1) is 6.92 Å². The minimum Gasteiger partial charge on any atom is -0.464 e. The fraction of sp³-hybridized carbons (Fsp3) is 0.105. The second-order valence-corrected chi connectivity index (χ2v) is 7.36. The van der Waals surface area contributed by atoms with Gasteiger partial charge in [0, 0.05) is 23.2 Å². The van der Waals surface area contributed by atoms with Crippen LogP contribution < -0.4 is 10.2 Å². The lowest BCUT2D eigenvalue weighted by Crippen LogP contribution is -2.12. The standard InChI is InChI=1S/C19H15NO4S2/c1-13-11-25-19(20-13)26-12-15-9-16(21)17(10-23-15)24-18(22)8-7-14-5-3-2-4-6-14/h2-11H,12H2,1H3/b8-7+. The van der Waals surface area contributed by atoms with E-state index in [4.69, 9.17) is 9.15 Å². The molecule has 0 aliphatic carbocycles. The summed E-state index contributed by atoms with van der Waals surface area (Å²) >= 11 is 3.03. The fourth-order valence-electron chi connectivity index (χ4n) is 1.99. The summed E-state index contributed by atoms with van der Waals surface area (Å²) in [5.41, 5.74) is 1.43. The number of aromatic nitrogens is 1.